The molecule has 1 aromatic heterocycles. The highest BCUT2D eigenvalue weighted by Crippen LogP contribution is 2.25. The lowest BCUT2D eigenvalue weighted by Gasteiger charge is -2.33. The first-order valence-electron chi connectivity index (χ1n) is 7.40. The fourth-order valence-corrected chi connectivity index (χ4v) is 2.87. The zero-order valence-corrected chi connectivity index (χ0v) is 12.5. The molecule has 1 fully saturated rings. The molecule has 3 rings (SSSR count). The summed E-state index contributed by atoms with van der Waals surface area (Å²) < 4.78 is 19.4. The van der Waals surface area contributed by atoms with Crippen LogP contribution in [0.4, 0.5) is 4.39 Å². The van der Waals surface area contributed by atoms with Gasteiger partial charge in [0.1, 0.15) is 11.6 Å². The number of oxazole rings is 1. The normalized spacial score (nSPS) is 22.9. The molecule has 0 amide bonds. The summed E-state index contributed by atoms with van der Waals surface area (Å²) in [5.74, 6) is 0.588. The molecule has 1 saturated heterocycles. The van der Waals surface area contributed by atoms with E-state index in [9.17, 15) is 9.50 Å². The third-order valence-corrected chi connectivity index (χ3v) is 3.91. The lowest BCUT2D eigenvalue weighted by atomic mass is 10.0. The van der Waals surface area contributed by atoms with E-state index in [1.807, 2.05) is 6.92 Å². The molecule has 1 aliphatic heterocycles. The van der Waals surface area contributed by atoms with Crippen LogP contribution in [0.25, 0.3) is 11.5 Å². The number of likely N-dealkylation sites (tertiary alicyclic amines) is 1. The molecule has 22 heavy (non-hydrogen) atoms. The van der Waals surface area contributed by atoms with Crippen LogP contribution in [-0.4, -0.2) is 40.2 Å². The van der Waals surface area contributed by atoms with Crippen LogP contribution in [0, 0.1) is 12.7 Å². The summed E-state index contributed by atoms with van der Waals surface area (Å²) in [7, 11) is 0. The maximum Gasteiger partial charge on any atom is 0.229 e. The van der Waals surface area contributed by atoms with Crippen LogP contribution in [0.3, 0.4) is 0 Å². The van der Waals surface area contributed by atoms with E-state index >= 15 is 0 Å². The van der Waals surface area contributed by atoms with Crippen molar-refractivity contribution in [2.45, 2.75) is 32.0 Å². The van der Waals surface area contributed by atoms with Gasteiger partial charge < -0.3 is 15.3 Å². The number of aliphatic hydroxyl groups is 1. The Hall–Kier alpha value is -1.76. The molecule has 0 bridgehead atoms. The van der Waals surface area contributed by atoms with Crippen molar-refractivity contribution in [3.63, 3.8) is 0 Å². The second kappa shape index (κ2) is 6.16. The van der Waals surface area contributed by atoms with Crippen molar-refractivity contribution >= 4 is 0 Å². The number of hydrogen-bond acceptors (Lipinski definition) is 5. The van der Waals surface area contributed by atoms with Crippen LogP contribution in [0.1, 0.15) is 17.9 Å². The summed E-state index contributed by atoms with van der Waals surface area (Å²) in [4.78, 5) is 6.46. The molecule has 1 aromatic carbocycles. The molecule has 5 nitrogen and oxygen atoms in total. The lowest BCUT2D eigenvalue weighted by molar-refractivity contribution is 0.0557. The van der Waals surface area contributed by atoms with Crippen molar-refractivity contribution in [3.05, 3.63) is 41.5 Å². The highest BCUT2D eigenvalue weighted by atomic mass is 19.1. The highest BCUT2D eigenvalue weighted by molar-refractivity contribution is 5.54. The molecule has 2 aromatic rings. The van der Waals surface area contributed by atoms with Crippen molar-refractivity contribution in [2.24, 2.45) is 5.73 Å². The number of aryl methyl sites for hydroxylation is 1. The Kier molecular flexibility index (Phi) is 4.24. The summed E-state index contributed by atoms with van der Waals surface area (Å²) in [6.07, 6.45) is 0.205. The second-order valence-corrected chi connectivity index (χ2v) is 5.85. The molecule has 0 spiro atoms. The van der Waals surface area contributed by atoms with Crippen molar-refractivity contribution in [1.82, 2.24) is 9.88 Å². The summed E-state index contributed by atoms with van der Waals surface area (Å²) in [5, 5.41) is 9.80. The number of aromatic nitrogens is 1. The van der Waals surface area contributed by atoms with Crippen LogP contribution < -0.4 is 5.73 Å². The third-order valence-electron chi connectivity index (χ3n) is 3.91. The summed E-state index contributed by atoms with van der Waals surface area (Å²) in [6.45, 7) is 3.62. The summed E-state index contributed by atoms with van der Waals surface area (Å²) in [5.41, 5.74) is 7.03. The number of piperidine rings is 1. The molecule has 0 saturated carbocycles. The smallest absolute Gasteiger partial charge is 0.229 e. The first-order chi connectivity index (χ1) is 10.5. The molecule has 1 aliphatic rings. The molecular weight excluding hydrogens is 285 g/mol. The SMILES string of the molecule is Cc1oc(-c2ccccc2F)nc1CN1C[C@@H](N)C[C@@H](O)C1. The van der Waals surface area contributed by atoms with E-state index in [0.29, 0.717) is 37.4 Å². The number of nitrogens with zero attached hydrogens (tertiary/aromatic N) is 2. The van der Waals surface area contributed by atoms with Gasteiger partial charge in [-0.25, -0.2) is 9.37 Å². The first kappa shape index (κ1) is 15.1. The molecule has 0 aliphatic carbocycles. The van der Waals surface area contributed by atoms with Crippen LogP contribution in [0.5, 0.6) is 0 Å². The van der Waals surface area contributed by atoms with Crippen molar-refractivity contribution in [2.75, 3.05) is 13.1 Å². The van der Waals surface area contributed by atoms with Crippen molar-refractivity contribution < 1.29 is 13.9 Å². The fraction of sp³-hybridized carbons (Fsp3) is 0.438. The van der Waals surface area contributed by atoms with E-state index in [4.69, 9.17) is 10.2 Å². The molecule has 2 atom stereocenters. The molecule has 2 heterocycles. The minimum Gasteiger partial charge on any atom is -0.441 e. The van der Waals surface area contributed by atoms with Crippen molar-refractivity contribution in [3.8, 4) is 11.5 Å². The van der Waals surface area contributed by atoms with E-state index < -0.39 is 6.10 Å². The van der Waals surface area contributed by atoms with E-state index in [2.05, 4.69) is 9.88 Å². The maximum atomic E-state index is 13.8. The number of aliphatic hydroxyl groups excluding tert-OH is 1. The van der Waals surface area contributed by atoms with E-state index in [1.54, 1.807) is 18.2 Å². The Morgan fingerprint density at radius 2 is 2.18 bits per heavy atom. The van der Waals surface area contributed by atoms with Gasteiger partial charge in [0.25, 0.3) is 0 Å². The number of benzene rings is 1. The van der Waals surface area contributed by atoms with Crippen LogP contribution >= 0.6 is 0 Å². The third kappa shape index (κ3) is 3.19. The number of nitrogens with two attached hydrogens (primary N) is 1. The zero-order chi connectivity index (χ0) is 15.7. The average molecular weight is 305 g/mol. The van der Waals surface area contributed by atoms with Gasteiger partial charge in [-0.15, -0.1) is 0 Å². The summed E-state index contributed by atoms with van der Waals surface area (Å²) >= 11 is 0. The van der Waals surface area contributed by atoms with Crippen LogP contribution in [0.2, 0.25) is 0 Å². The largest absolute Gasteiger partial charge is 0.441 e. The Morgan fingerprint density at radius 1 is 1.41 bits per heavy atom. The molecular formula is C16H20FN3O2. The van der Waals surface area contributed by atoms with Gasteiger partial charge in [-0.2, -0.15) is 0 Å². The predicted octanol–water partition coefficient (Wildman–Crippen LogP) is 1.68. The second-order valence-electron chi connectivity index (χ2n) is 5.85. The quantitative estimate of drug-likeness (QED) is 0.902. The summed E-state index contributed by atoms with van der Waals surface area (Å²) in [6, 6.07) is 6.37. The van der Waals surface area contributed by atoms with Gasteiger partial charge in [0.05, 0.1) is 17.4 Å². The van der Waals surface area contributed by atoms with Crippen LogP contribution in [0.15, 0.2) is 28.7 Å². The van der Waals surface area contributed by atoms with E-state index in [0.717, 1.165) is 5.69 Å². The predicted molar refractivity (Wildman–Crippen MR) is 80.5 cm³/mol. The number of rotatable bonds is 3. The fourth-order valence-electron chi connectivity index (χ4n) is 2.87. The van der Waals surface area contributed by atoms with Crippen LogP contribution in [-0.2, 0) is 6.54 Å². The van der Waals surface area contributed by atoms with Gasteiger partial charge in [-0.3, -0.25) is 4.90 Å². The van der Waals surface area contributed by atoms with Gasteiger partial charge in [0, 0.05) is 25.7 Å². The monoisotopic (exact) mass is 305 g/mol. The number of hydrogen-bond donors (Lipinski definition) is 2. The topological polar surface area (TPSA) is 75.5 Å². The standard InChI is InChI=1S/C16H20FN3O2/c1-10-15(9-20-7-11(18)6-12(21)8-20)19-16(22-10)13-4-2-3-5-14(13)17/h2-5,11-12,21H,6-9,18H2,1H3/t11-,12+/m0/s1. The average Bonchev–Trinajstić information content (AvgIpc) is 2.79. The maximum absolute atomic E-state index is 13.8. The van der Waals surface area contributed by atoms with Gasteiger partial charge >= 0.3 is 0 Å². The zero-order valence-electron chi connectivity index (χ0n) is 12.5. The van der Waals surface area contributed by atoms with Gasteiger partial charge in [0.15, 0.2) is 0 Å². The Labute approximate surface area is 128 Å². The number of β-amino-alcohol motifs (C(OH)–C–C–N with tert-alkyl or cyclic N) is 1. The van der Waals surface area contributed by atoms with Gasteiger partial charge in [0.2, 0.25) is 5.89 Å². The number of halogens is 1. The molecule has 0 radical (unpaired) electrons. The highest BCUT2D eigenvalue weighted by Gasteiger charge is 2.25. The molecule has 6 heteroatoms. The van der Waals surface area contributed by atoms with E-state index in [-0.39, 0.29) is 17.7 Å². The molecule has 118 valence electrons. The minimum atomic E-state index is -0.415. The Bertz CT molecular complexity index is 649. The van der Waals surface area contributed by atoms with E-state index in [1.165, 1.54) is 6.07 Å². The minimum absolute atomic E-state index is 0.0398. The van der Waals surface area contributed by atoms with Gasteiger partial charge in [-0.05, 0) is 25.5 Å². The Morgan fingerprint density at radius 3 is 2.91 bits per heavy atom. The lowest BCUT2D eigenvalue weighted by Crippen LogP contribution is -2.48. The molecule has 3 N–H and O–H groups in total. The van der Waals surface area contributed by atoms with Gasteiger partial charge in [-0.1, -0.05) is 12.1 Å². The Balaban J connectivity index is 1.80. The van der Waals surface area contributed by atoms with Crippen molar-refractivity contribution in [1.29, 1.82) is 0 Å². The molecule has 0 unspecified atom stereocenters. The first-order valence-corrected chi connectivity index (χ1v) is 7.40.